The Labute approximate surface area is 329 Å². The fraction of sp³-hybridized carbons (Fsp3) is 0.368. The van der Waals surface area contributed by atoms with Gasteiger partial charge in [0.05, 0.1) is 6.54 Å². The second-order valence-corrected chi connectivity index (χ2v) is 13.3. The van der Waals surface area contributed by atoms with Crippen molar-refractivity contribution in [2.24, 2.45) is 38.7 Å². The number of aliphatic imine (C=N–C) groups is 2. The van der Waals surface area contributed by atoms with E-state index in [2.05, 4.69) is 36.6 Å². The van der Waals surface area contributed by atoms with Gasteiger partial charge in [0, 0.05) is 32.9 Å². The molecule has 0 fully saturated rings. The lowest BCUT2D eigenvalue weighted by molar-refractivity contribution is -0.133. The molecular weight excluding hydrogens is 736 g/mol. The molecule has 57 heavy (non-hydrogen) atoms. The van der Waals surface area contributed by atoms with Gasteiger partial charge in [-0.1, -0.05) is 54.6 Å². The van der Waals surface area contributed by atoms with E-state index >= 15 is 0 Å². The smallest absolute Gasteiger partial charge is 0.243 e. The van der Waals surface area contributed by atoms with E-state index in [0.29, 0.717) is 24.0 Å². The Morgan fingerprint density at radius 3 is 1.74 bits per heavy atom. The zero-order chi connectivity index (χ0) is 41.9. The molecular formula is C38H52N12O7. The summed E-state index contributed by atoms with van der Waals surface area (Å²) in [7, 11) is 0. The number of aromatic hydroxyl groups is 1. The Hall–Kier alpha value is -6.92. The van der Waals surface area contributed by atoms with Crippen LogP contribution in [-0.2, 0) is 41.6 Å². The number of carbonyl (C=O) groups is 6. The van der Waals surface area contributed by atoms with Crippen LogP contribution in [0.15, 0.2) is 76.7 Å². The molecule has 3 aromatic carbocycles. The molecule has 0 aliphatic heterocycles. The predicted molar refractivity (Wildman–Crippen MR) is 215 cm³/mol. The first-order valence-corrected chi connectivity index (χ1v) is 18.2. The highest BCUT2D eigenvalue weighted by Gasteiger charge is 2.29. The van der Waals surface area contributed by atoms with Crippen LogP contribution in [0.25, 0.3) is 10.8 Å². The minimum absolute atomic E-state index is 0.0132. The summed E-state index contributed by atoms with van der Waals surface area (Å²) in [5.41, 5.74) is 28.3. The maximum Gasteiger partial charge on any atom is 0.243 e. The first kappa shape index (κ1) is 44.5. The summed E-state index contributed by atoms with van der Waals surface area (Å²) in [5.74, 6) is -4.42. The molecule has 16 N–H and O–H groups in total. The van der Waals surface area contributed by atoms with Crippen molar-refractivity contribution < 1.29 is 33.9 Å². The topological polar surface area (TPSA) is 338 Å². The molecule has 0 heterocycles. The molecule has 0 bridgehead atoms. The van der Waals surface area contributed by atoms with Crippen molar-refractivity contribution in [2.75, 3.05) is 19.6 Å². The fourth-order valence-corrected chi connectivity index (χ4v) is 5.78. The van der Waals surface area contributed by atoms with Crippen LogP contribution in [-0.4, -0.2) is 96.3 Å². The van der Waals surface area contributed by atoms with Crippen LogP contribution < -0.4 is 55.3 Å². The number of phenols is 1. The van der Waals surface area contributed by atoms with Gasteiger partial charge in [-0.15, -0.1) is 0 Å². The summed E-state index contributed by atoms with van der Waals surface area (Å²) in [5, 5.41) is 24.6. The molecule has 19 heteroatoms. The second-order valence-electron chi connectivity index (χ2n) is 13.3. The van der Waals surface area contributed by atoms with Crippen LogP contribution in [0.1, 0.15) is 43.7 Å². The number of phenolic OH excluding ortho intramolecular Hbond substituents is 1. The van der Waals surface area contributed by atoms with Gasteiger partial charge >= 0.3 is 0 Å². The number of benzene rings is 3. The number of nitrogens with zero attached hydrogens (tertiary/aromatic N) is 2. The van der Waals surface area contributed by atoms with E-state index in [1.807, 2.05) is 42.5 Å². The Morgan fingerprint density at radius 2 is 1.14 bits per heavy atom. The normalized spacial score (nSPS) is 12.8. The molecule has 19 nitrogen and oxygen atoms in total. The minimum Gasteiger partial charge on any atom is -0.508 e. The van der Waals surface area contributed by atoms with Gasteiger partial charge in [0.1, 0.15) is 29.9 Å². The molecule has 3 aromatic rings. The van der Waals surface area contributed by atoms with E-state index in [9.17, 15) is 33.9 Å². The van der Waals surface area contributed by atoms with Crippen LogP contribution in [0.5, 0.6) is 5.75 Å². The van der Waals surface area contributed by atoms with Gasteiger partial charge in [0.2, 0.25) is 35.4 Å². The van der Waals surface area contributed by atoms with E-state index in [-0.39, 0.29) is 56.4 Å². The zero-order valence-electron chi connectivity index (χ0n) is 31.7. The van der Waals surface area contributed by atoms with Crippen molar-refractivity contribution in [3.63, 3.8) is 0 Å². The fourth-order valence-electron chi connectivity index (χ4n) is 5.78. The third-order valence-electron chi connectivity index (χ3n) is 8.58. The predicted octanol–water partition coefficient (Wildman–Crippen LogP) is -2.00. The quantitative estimate of drug-likeness (QED) is 0.0300. The molecule has 306 valence electrons. The molecule has 0 aliphatic rings. The number of hydrogen-bond acceptors (Lipinski definition) is 9. The Kier molecular flexibility index (Phi) is 17.5. The molecule has 4 atom stereocenters. The van der Waals surface area contributed by atoms with Crippen molar-refractivity contribution in [3.8, 4) is 5.75 Å². The van der Waals surface area contributed by atoms with E-state index in [0.717, 1.165) is 10.8 Å². The Bertz CT molecular complexity index is 1930. The van der Waals surface area contributed by atoms with Gasteiger partial charge in [-0.2, -0.15) is 0 Å². The summed E-state index contributed by atoms with van der Waals surface area (Å²) in [6, 6.07) is 14.5. The maximum atomic E-state index is 13.7. The second kappa shape index (κ2) is 22.5. The van der Waals surface area contributed by atoms with Crippen molar-refractivity contribution in [1.29, 1.82) is 0 Å². The number of hydrogen-bond donors (Lipinski definition) is 11. The van der Waals surface area contributed by atoms with E-state index < -0.39 is 66.2 Å². The van der Waals surface area contributed by atoms with Crippen LogP contribution in [0.4, 0.5) is 0 Å². The maximum absolute atomic E-state index is 13.7. The zero-order valence-corrected chi connectivity index (χ0v) is 31.7. The van der Waals surface area contributed by atoms with Crippen LogP contribution in [0, 0.1) is 0 Å². The highest BCUT2D eigenvalue weighted by molar-refractivity contribution is 5.95. The lowest BCUT2D eigenvalue weighted by Crippen LogP contribution is -2.56. The molecule has 0 saturated carbocycles. The van der Waals surface area contributed by atoms with E-state index in [1.54, 1.807) is 12.1 Å². The number of fused-ring (bicyclic) bond motifs is 1. The Balaban J connectivity index is 1.79. The average molecular weight is 789 g/mol. The summed E-state index contributed by atoms with van der Waals surface area (Å²) in [6.07, 6.45) is 0.889. The molecule has 0 unspecified atom stereocenters. The monoisotopic (exact) mass is 788 g/mol. The van der Waals surface area contributed by atoms with Crippen LogP contribution in [0.3, 0.4) is 0 Å². The van der Waals surface area contributed by atoms with Gasteiger partial charge in [-0.25, -0.2) is 0 Å². The first-order chi connectivity index (χ1) is 27.1. The van der Waals surface area contributed by atoms with Gasteiger partial charge in [-0.05, 0) is 59.7 Å². The third kappa shape index (κ3) is 16.1. The van der Waals surface area contributed by atoms with Crippen LogP contribution >= 0.6 is 0 Å². The standard InChI is InChI=1S/C38H52N12O7/c1-22(51)47-29(9-5-17-45-38(42)43)35(56)50-30(20-24-10-13-25-6-2-3-7-26(25)18-24)34(55)46-21-32(53)48-31(19-23-11-14-27(52)15-12-23)36(57)49-28(33(39)54)8-4-16-44-37(40)41/h2-3,6-7,10-15,18,28-31,52H,4-5,8-9,16-17,19-21H2,1H3,(H2,39,54)(H,46,55)(H,47,51)(H,48,53)(H,49,57)(H,50,56)(H4,40,41,44)(H4,42,43,45)/t28-,29+,30-,31-/m1/s1. The molecule has 0 aliphatic carbocycles. The minimum atomic E-state index is -1.25. The number of amides is 6. The van der Waals surface area contributed by atoms with Gasteiger partial charge in [0.15, 0.2) is 11.9 Å². The summed E-state index contributed by atoms with van der Waals surface area (Å²) in [4.78, 5) is 86.1. The lowest BCUT2D eigenvalue weighted by atomic mass is 10.0. The number of primary amides is 1. The lowest BCUT2D eigenvalue weighted by Gasteiger charge is -2.24. The highest BCUT2D eigenvalue weighted by Crippen LogP contribution is 2.17. The number of rotatable bonds is 22. The van der Waals surface area contributed by atoms with Crippen molar-refractivity contribution in [2.45, 2.75) is 69.6 Å². The van der Waals surface area contributed by atoms with Crippen molar-refractivity contribution >= 4 is 58.1 Å². The third-order valence-corrected chi connectivity index (χ3v) is 8.58. The van der Waals surface area contributed by atoms with Crippen molar-refractivity contribution in [3.05, 3.63) is 77.9 Å². The molecule has 0 radical (unpaired) electrons. The van der Waals surface area contributed by atoms with E-state index in [1.165, 1.54) is 19.1 Å². The number of nitrogens with two attached hydrogens (primary N) is 5. The van der Waals surface area contributed by atoms with E-state index in [4.69, 9.17) is 28.7 Å². The summed E-state index contributed by atoms with van der Waals surface area (Å²) >= 11 is 0. The Morgan fingerprint density at radius 1 is 0.614 bits per heavy atom. The molecule has 0 aromatic heterocycles. The average Bonchev–Trinajstić information content (AvgIpc) is 3.15. The largest absolute Gasteiger partial charge is 0.508 e. The number of guanidine groups is 2. The number of nitrogens with one attached hydrogen (secondary N) is 5. The molecule has 3 rings (SSSR count). The SMILES string of the molecule is CC(=O)N[C@@H](CCCN=C(N)N)C(=O)N[C@H](Cc1ccc2ccccc2c1)C(=O)NCC(=O)N[C@H](Cc1ccc(O)cc1)C(=O)N[C@H](CCCN=C(N)N)C(N)=O. The molecule has 0 saturated heterocycles. The highest BCUT2D eigenvalue weighted by atomic mass is 16.3. The van der Waals surface area contributed by atoms with Crippen LogP contribution in [0.2, 0.25) is 0 Å². The number of carbonyl (C=O) groups excluding carboxylic acids is 6. The first-order valence-electron chi connectivity index (χ1n) is 18.2. The summed E-state index contributed by atoms with van der Waals surface area (Å²) in [6.45, 7) is 1.04. The molecule has 0 spiro atoms. The van der Waals surface area contributed by atoms with Gasteiger partial charge in [0.25, 0.3) is 0 Å². The van der Waals surface area contributed by atoms with Crippen molar-refractivity contribution in [1.82, 2.24) is 26.6 Å². The molecule has 6 amide bonds. The summed E-state index contributed by atoms with van der Waals surface area (Å²) < 4.78 is 0. The van der Waals surface area contributed by atoms with Gasteiger partial charge in [-0.3, -0.25) is 38.8 Å². The van der Waals surface area contributed by atoms with Gasteiger partial charge < -0.3 is 60.4 Å².